The minimum absolute atomic E-state index is 0.246. The number of thioether (sulfide) groups is 1. The van der Waals surface area contributed by atoms with E-state index < -0.39 is 5.25 Å². The molecule has 8 nitrogen and oxygen atoms in total. The van der Waals surface area contributed by atoms with Gasteiger partial charge in [-0.05, 0) is 68.4 Å². The van der Waals surface area contributed by atoms with Crippen LogP contribution in [0.4, 0.5) is 11.4 Å². The Morgan fingerprint density at radius 2 is 1.65 bits per heavy atom. The molecule has 0 bridgehead atoms. The summed E-state index contributed by atoms with van der Waals surface area (Å²) in [5.74, 6) is 0.139. The molecule has 2 amide bonds. The quantitative estimate of drug-likeness (QED) is 0.326. The summed E-state index contributed by atoms with van der Waals surface area (Å²) in [6.45, 7) is 3.57. The summed E-state index contributed by atoms with van der Waals surface area (Å²) >= 11 is 1.34. The Bertz CT molecular complexity index is 1480. The number of para-hydroxylation sites is 1. The van der Waals surface area contributed by atoms with E-state index in [-0.39, 0.29) is 23.1 Å². The lowest BCUT2D eigenvalue weighted by Gasteiger charge is -2.13. The zero-order valence-corrected chi connectivity index (χ0v) is 21.8. The van der Waals surface area contributed by atoms with E-state index in [9.17, 15) is 14.4 Å². The van der Waals surface area contributed by atoms with Crippen molar-refractivity contribution in [2.75, 3.05) is 17.7 Å². The predicted molar refractivity (Wildman–Crippen MR) is 147 cm³/mol. The van der Waals surface area contributed by atoms with Crippen LogP contribution >= 0.6 is 11.8 Å². The van der Waals surface area contributed by atoms with Gasteiger partial charge in [0.2, 0.25) is 5.91 Å². The van der Waals surface area contributed by atoms with Crippen molar-refractivity contribution in [3.05, 3.63) is 100 Å². The first-order valence-electron chi connectivity index (χ1n) is 11.7. The van der Waals surface area contributed by atoms with Crippen LogP contribution in [0.1, 0.15) is 23.0 Å². The average molecular weight is 517 g/mol. The number of hydrogen-bond acceptors (Lipinski definition) is 5. The maximum atomic E-state index is 13.1. The highest BCUT2D eigenvalue weighted by atomic mass is 32.2. The summed E-state index contributed by atoms with van der Waals surface area (Å²) in [5.41, 5.74) is 2.45. The molecule has 190 valence electrons. The van der Waals surface area contributed by atoms with Crippen LogP contribution in [0.25, 0.3) is 5.69 Å². The third-order valence-electron chi connectivity index (χ3n) is 5.93. The highest BCUT2D eigenvalue weighted by molar-refractivity contribution is 8.00. The van der Waals surface area contributed by atoms with Crippen LogP contribution in [-0.2, 0) is 11.8 Å². The number of nitrogens with zero attached hydrogens (tertiary/aromatic N) is 2. The molecule has 2 N–H and O–H groups in total. The van der Waals surface area contributed by atoms with Crippen molar-refractivity contribution in [3.8, 4) is 11.4 Å². The van der Waals surface area contributed by atoms with E-state index in [0.29, 0.717) is 22.7 Å². The fourth-order valence-electron chi connectivity index (χ4n) is 3.79. The summed E-state index contributed by atoms with van der Waals surface area (Å²) in [4.78, 5) is 39.5. The fourth-order valence-corrected chi connectivity index (χ4v) is 4.71. The van der Waals surface area contributed by atoms with Gasteiger partial charge in [0.1, 0.15) is 11.4 Å². The monoisotopic (exact) mass is 516 g/mol. The first kappa shape index (κ1) is 25.8. The fraction of sp³-hybridized carbons (Fsp3) is 0.179. The number of benzene rings is 3. The minimum Gasteiger partial charge on any atom is -0.497 e. The second kappa shape index (κ2) is 11.2. The molecule has 3 aromatic carbocycles. The Kier molecular flexibility index (Phi) is 7.83. The molecule has 0 fully saturated rings. The van der Waals surface area contributed by atoms with E-state index in [0.717, 1.165) is 10.6 Å². The van der Waals surface area contributed by atoms with Gasteiger partial charge in [-0.1, -0.05) is 24.3 Å². The highest BCUT2D eigenvalue weighted by Crippen LogP contribution is 2.27. The largest absolute Gasteiger partial charge is 0.497 e. The lowest BCUT2D eigenvalue weighted by atomic mass is 10.2. The molecule has 4 rings (SSSR count). The van der Waals surface area contributed by atoms with Crippen LogP contribution in [0.2, 0.25) is 0 Å². The van der Waals surface area contributed by atoms with E-state index in [2.05, 4.69) is 10.6 Å². The van der Waals surface area contributed by atoms with E-state index in [1.54, 1.807) is 63.0 Å². The molecular formula is C28H28N4O4S. The average Bonchev–Trinajstić information content (AvgIpc) is 3.12. The topological polar surface area (TPSA) is 94.4 Å². The molecule has 1 heterocycles. The van der Waals surface area contributed by atoms with Gasteiger partial charge in [0.25, 0.3) is 11.5 Å². The van der Waals surface area contributed by atoms with Gasteiger partial charge >= 0.3 is 0 Å². The molecule has 0 aliphatic rings. The summed E-state index contributed by atoms with van der Waals surface area (Å²) in [6, 6.07) is 23.4. The van der Waals surface area contributed by atoms with E-state index in [4.69, 9.17) is 4.74 Å². The van der Waals surface area contributed by atoms with Gasteiger partial charge in [0.05, 0.1) is 23.7 Å². The zero-order valence-electron chi connectivity index (χ0n) is 21.0. The number of rotatable bonds is 8. The number of amides is 2. The minimum atomic E-state index is -0.489. The smallest absolute Gasteiger partial charge is 0.295 e. The SMILES string of the molecule is COc1ccc(C(=O)Nc2cccc(SC(C)C(=O)Nc3c(C)n(C)n(-c4ccccc4)c3=O)c2)cc1. The van der Waals surface area contributed by atoms with Gasteiger partial charge in [0.15, 0.2) is 0 Å². The van der Waals surface area contributed by atoms with Crippen molar-refractivity contribution in [1.29, 1.82) is 0 Å². The molecule has 0 spiro atoms. The number of aromatic nitrogens is 2. The lowest BCUT2D eigenvalue weighted by molar-refractivity contribution is -0.115. The third-order valence-corrected chi connectivity index (χ3v) is 7.02. The number of hydrogen-bond donors (Lipinski definition) is 2. The van der Waals surface area contributed by atoms with Crippen molar-refractivity contribution >= 4 is 35.0 Å². The Labute approximate surface area is 219 Å². The molecule has 1 aromatic heterocycles. The van der Waals surface area contributed by atoms with E-state index >= 15 is 0 Å². The zero-order chi connectivity index (χ0) is 26.5. The summed E-state index contributed by atoms with van der Waals surface area (Å²) in [5, 5.41) is 5.20. The Hall–Kier alpha value is -4.24. The van der Waals surface area contributed by atoms with Crippen LogP contribution in [0, 0.1) is 6.92 Å². The summed E-state index contributed by atoms with van der Waals surface area (Å²) in [7, 11) is 3.35. The molecule has 4 aromatic rings. The first-order chi connectivity index (χ1) is 17.8. The molecule has 1 atom stereocenters. The standard InChI is InChI=1S/C28H28N4O4S/c1-18-25(28(35)32(31(18)3)22-10-6-5-7-11-22)30-26(33)19(2)37-24-12-8-9-21(17-24)29-27(34)20-13-15-23(36-4)16-14-20/h5-17,19H,1-4H3,(H,29,34)(H,30,33). The number of ether oxygens (including phenoxy) is 1. The molecular weight excluding hydrogens is 488 g/mol. The molecule has 0 aliphatic carbocycles. The number of carbonyl (C=O) groups excluding carboxylic acids is 2. The number of nitrogens with one attached hydrogen (secondary N) is 2. The number of methoxy groups -OCH3 is 1. The molecule has 9 heteroatoms. The first-order valence-corrected chi connectivity index (χ1v) is 12.5. The highest BCUT2D eigenvalue weighted by Gasteiger charge is 2.21. The Morgan fingerprint density at radius 3 is 2.32 bits per heavy atom. The van der Waals surface area contributed by atoms with Crippen molar-refractivity contribution in [2.45, 2.75) is 24.0 Å². The predicted octanol–water partition coefficient (Wildman–Crippen LogP) is 4.86. The van der Waals surface area contributed by atoms with E-state index in [1.807, 2.05) is 48.5 Å². The van der Waals surface area contributed by atoms with Crippen LogP contribution in [0.15, 0.2) is 88.6 Å². The molecule has 0 saturated heterocycles. The van der Waals surface area contributed by atoms with Crippen molar-refractivity contribution in [2.24, 2.45) is 7.05 Å². The van der Waals surface area contributed by atoms with Gasteiger partial charge in [-0.15, -0.1) is 11.8 Å². The normalized spacial score (nSPS) is 11.6. The van der Waals surface area contributed by atoms with Gasteiger partial charge in [-0.3, -0.25) is 19.1 Å². The molecule has 37 heavy (non-hydrogen) atoms. The Balaban J connectivity index is 1.44. The van der Waals surface area contributed by atoms with Crippen LogP contribution in [0.3, 0.4) is 0 Å². The van der Waals surface area contributed by atoms with Gasteiger partial charge in [0, 0.05) is 23.2 Å². The number of anilines is 2. The van der Waals surface area contributed by atoms with Gasteiger partial charge < -0.3 is 15.4 Å². The molecule has 0 aliphatic heterocycles. The Morgan fingerprint density at radius 1 is 0.946 bits per heavy atom. The van der Waals surface area contributed by atoms with Crippen molar-refractivity contribution < 1.29 is 14.3 Å². The van der Waals surface area contributed by atoms with Crippen LogP contribution < -0.4 is 20.9 Å². The van der Waals surface area contributed by atoms with Crippen LogP contribution in [-0.4, -0.2) is 33.5 Å². The van der Waals surface area contributed by atoms with Gasteiger partial charge in [-0.25, -0.2) is 4.68 Å². The lowest BCUT2D eigenvalue weighted by Crippen LogP contribution is -2.27. The van der Waals surface area contributed by atoms with E-state index in [1.165, 1.54) is 16.4 Å². The second-order valence-corrected chi connectivity index (χ2v) is 9.81. The van der Waals surface area contributed by atoms with Crippen molar-refractivity contribution in [1.82, 2.24) is 9.36 Å². The molecule has 1 unspecified atom stereocenters. The maximum absolute atomic E-state index is 13.1. The van der Waals surface area contributed by atoms with Crippen molar-refractivity contribution in [3.63, 3.8) is 0 Å². The summed E-state index contributed by atoms with van der Waals surface area (Å²) < 4.78 is 8.38. The maximum Gasteiger partial charge on any atom is 0.295 e. The van der Waals surface area contributed by atoms with Crippen LogP contribution in [0.5, 0.6) is 5.75 Å². The molecule has 0 saturated carbocycles. The third kappa shape index (κ3) is 5.78. The second-order valence-electron chi connectivity index (χ2n) is 8.40. The molecule has 0 radical (unpaired) electrons. The number of carbonyl (C=O) groups is 2. The van der Waals surface area contributed by atoms with Gasteiger partial charge in [-0.2, -0.15) is 0 Å². The summed E-state index contributed by atoms with van der Waals surface area (Å²) in [6.07, 6.45) is 0.